The van der Waals surface area contributed by atoms with Gasteiger partial charge in [0.2, 0.25) is 5.89 Å². The first-order valence-corrected chi connectivity index (χ1v) is 5.15. The van der Waals surface area contributed by atoms with Crippen LogP contribution < -0.4 is 5.73 Å². The van der Waals surface area contributed by atoms with Crippen LogP contribution in [0.5, 0.6) is 0 Å². The van der Waals surface area contributed by atoms with E-state index in [1.54, 1.807) is 18.2 Å². The Morgan fingerprint density at radius 1 is 1.06 bits per heavy atom. The molecule has 4 heteroatoms. The smallest absolute Gasteiger partial charge is 0.227 e. The number of oxazole rings is 1. The van der Waals surface area contributed by atoms with Gasteiger partial charge < -0.3 is 10.2 Å². The zero-order chi connectivity index (χ0) is 11.8. The summed E-state index contributed by atoms with van der Waals surface area (Å²) in [5, 5.41) is 0. The molecule has 84 valence electrons. The van der Waals surface area contributed by atoms with Crippen LogP contribution in [0.25, 0.3) is 22.6 Å². The largest absolute Gasteiger partial charge is 0.434 e. The lowest BCUT2D eigenvalue weighted by atomic mass is 10.2. The molecule has 0 aliphatic heterocycles. The maximum absolute atomic E-state index is 12.8. The Labute approximate surface area is 96.7 Å². The van der Waals surface area contributed by atoms with Crippen LogP contribution in [0.2, 0.25) is 0 Å². The van der Waals surface area contributed by atoms with E-state index in [1.165, 1.54) is 12.1 Å². The van der Waals surface area contributed by atoms with Gasteiger partial charge in [-0.3, -0.25) is 0 Å². The molecule has 0 saturated carbocycles. The SMILES string of the molecule is Nc1cccc2nc(-c3ccc(F)cc3)oc12. The molecule has 2 N–H and O–H groups in total. The molecule has 0 spiro atoms. The van der Waals surface area contributed by atoms with Gasteiger partial charge in [0.05, 0.1) is 5.69 Å². The molecule has 0 atom stereocenters. The molecule has 0 aliphatic carbocycles. The molecule has 17 heavy (non-hydrogen) atoms. The molecule has 0 amide bonds. The summed E-state index contributed by atoms with van der Waals surface area (Å²) >= 11 is 0. The Morgan fingerprint density at radius 3 is 2.53 bits per heavy atom. The Morgan fingerprint density at radius 2 is 1.82 bits per heavy atom. The van der Waals surface area contributed by atoms with Gasteiger partial charge in [-0.25, -0.2) is 9.37 Å². The highest BCUT2D eigenvalue weighted by Crippen LogP contribution is 2.27. The van der Waals surface area contributed by atoms with E-state index in [1.807, 2.05) is 12.1 Å². The van der Waals surface area contributed by atoms with Gasteiger partial charge in [-0.1, -0.05) is 6.07 Å². The zero-order valence-corrected chi connectivity index (χ0v) is 8.85. The van der Waals surface area contributed by atoms with Crippen molar-refractivity contribution in [2.24, 2.45) is 0 Å². The van der Waals surface area contributed by atoms with Crippen LogP contribution in [0.4, 0.5) is 10.1 Å². The number of nitrogen functional groups attached to an aromatic ring is 1. The van der Waals surface area contributed by atoms with Gasteiger partial charge in [0.1, 0.15) is 11.3 Å². The summed E-state index contributed by atoms with van der Waals surface area (Å²) in [5.41, 5.74) is 8.31. The zero-order valence-electron chi connectivity index (χ0n) is 8.85. The van der Waals surface area contributed by atoms with E-state index in [9.17, 15) is 4.39 Å². The minimum atomic E-state index is -0.288. The van der Waals surface area contributed by atoms with Crippen LogP contribution >= 0.6 is 0 Å². The highest BCUT2D eigenvalue weighted by atomic mass is 19.1. The fraction of sp³-hybridized carbons (Fsp3) is 0. The monoisotopic (exact) mass is 228 g/mol. The van der Waals surface area contributed by atoms with Crippen molar-refractivity contribution in [1.82, 2.24) is 4.98 Å². The molecule has 0 aliphatic rings. The first kappa shape index (κ1) is 9.84. The summed E-state index contributed by atoms with van der Waals surface area (Å²) in [4.78, 5) is 4.30. The lowest BCUT2D eigenvalue weighted by molar-refractivity contribution is 0.617. The third kappa shape index (κ3) is 1.63. The fourth-order valence-corrected chi connectivity index (χ4v) is 1.69. The van der Waals surface area contributed by atoms with E-state index in [0.29, 0.717) is 22.7 Å². The van der Waals surface area contributed by atoms with E-state index in [0.717, 1.165) is 5.56 Å². The van der Waals surface area contributed by atoms with E-state index in [-0.39, 0.29) is 5.82 Å². The van der Waals surface area contributed by atoms with Gasteiger partial charge in [0, 0.05) is 5.56 Å². The first-order chi connectivity index (χ1) is 8.24. The van der Waals surface area contributed by atoms with Crippen molar-refractivity contribution < 1.29 is 8.81 Å². The highest BCUT2D eigenvalue weighted by Gasteiger charge is 2.09. The van der Waals surface area contributed by atoms with Gasteiger partial charge in [0.25, 0.3) is 0 Å². The molecule has 1 heterocycles. The predicted octanol–water partition coefficient (Wildman–Crippen LogP) is 3.22. The Balaban J connectivity index is 2.18. The van der Waals surface area contributed by atoms with Crippen LogP contribution in [0.15, 0.2) is 46.9 Å². The normalized spacial score (nSPS) is 10.9. The van der Waals surface area contributed by atoms with Crippen molar-refractivity contribution >= 4 is 16.8 Å². The summed E-state index contributed by atoms with van der Waals surface area (Å²) in [6.07, 6.45) is 0. The van der Waals surface area contributed by atoms with Gasteiger partial charge in [-0.2, -0.15) is 0 Å². The summed E-state index contributed by atoms with van der Waals surface area (Å²) in [5.74, 6) is 0.155. The van der Waals surface area contributed by atoms with E-state index in [2.05, 4.69) is 4.98 Å². The van der Waals surface area contributed by atoms with Crippen molar-refractivity contribution in [3.8, 4) is 11.5 Å². The van der Waals surface area contributed by atoms with Crippen molar-refractivity contribution in [3.63, 3.8) is 0 Å². The number of hydrogen-bond acceptors (Lipinski definition) is 3. The Hall–Kier alpha value is -2.36. The quantitative estimate of drug-likeness (QED) is 0.650. The van der Waals surface area contributed by atoms with Gasteiger partial charge in [0.15, 0.2) is 5.58 Å². The standard InChI is InChI=1S/C13H9FN2O/c14-9-6-4-8(5-7-9)13-16-11-3-1-2-10(15)12(11)17-13/h1-7H,15H2. The van der Waals surface area contributed by atoms with Crippen molar-refractivity contribution in [1.29, 1.82) is 0 Å². The maximum atomic E-state index is 12.8. The number of aromatic nitrogens is 1. The minimum absolute atomic E-state index is 0.288. The average molecular weight is 228 g/mol. The number of nitrogens with zero attached hydrogens (tertiary/aromatic N) is 1. The van der Waals surface area contributed by atoms with Crippen molar-refractivity contribution in [3.05, 3.63) is 48.3 Å². The number of hydrogen-bond donors (Lipinski definition) is 1. The summed E-state index contributed by atoms with van der Waals surface area (Å²) < 4.78 is 18.4. The molecule has 0 radical (unpaired) electrons. The number of halogens is 1. The Bertz CT molecular complexity index is 673. The molecule has 1 aromatic heterocycles. The molecule has 3 aromatic rings. The highest BCUT2D eigenvalue weighted by molar-refractivity contribution is 5.86. The van der Waals surface area contributed by atoms with Crippen LogP contribution in [0.3, 0.4) is 0 Å². The number of fused-ring (bicyclic) bond motifs is 1. The van der Waals surface area contributed by atoms with Crippen LogP contribution in [-0.2, 0) is 0 Å². The molecule has 0 unspecified atom stereocenters. The number of benzene rings is 2. The summed E-state index contributed by atoms with van der Waals surface area (Å²) in [7, 11) is 0. The molecular weight excluding hydrogens is 219 g/mol. The van der Waals surface area contributed by atoms with E-state index < -0.39 is 0 Å². The third-order valence-corrected chi connectivity index (χ3v) is 2.54. The van der Waals surface area contributed by atoms with Gasteiger partial charge >= 0.3 is 0 Å². The van der Waals surface area contributed by atoms with E-state index in [4.69, 9.17) is 10.2 Å². The van der Waals surface area contributed by atoms with Crippen molar-refractivity contribution in [2.75, 3.05) is 5.73 Å². The molecule has 0 saturated heterocycles. The van der Waals surface area contributed by atoms with Gasteiger partial charge in [-0.05, 0) is 36.4 Å². The third-order valence-electron chi connectivity index (χ3n) is 2.54. The van der Waals surface area contributed by atoms with Gasteiger partial charge in [-0.15, -0.1) is 0 Å². The Kier molecular flexibility index (Phi) is 2.08. The lowest BCUT2D eigenvalue weighted by Crippen LogP contribution is -1.82. The molecular formula is C13H9FN2O. The molecule has 3 rings (SSSR count). The van der Waals surface area contributed by atoms with Crippen LogP contribution in [-0.4, -0.2) is 4.98 Å². The van der Waals surface area contributed by atoms with Crippen molar-refractivity contribution in [2.45, 2.75) is 0 Å². The minimum Gasteiger partial charge on any atom is -0.434 e. The molecule has 0 bridgehead atoms. The lowest BCUT2D eigenvalue weighted by Gasteiger charge is -1.94. The number of anilines is 1. The average Bonchev–Trinajstić information content (AvgIpc) is 2.75. The number of nitrogens with two attached hydrogens (primary N) is 1. The van der Waals surface area contributed by atoms with Crippen LogP contribution in [0, 0.1) is 5.82 Å². The second kappa shape index (κ2) is 3.59. The molecule has 3 nitrogen and oxygen atoms in total. The first-order valence-electron chi connectivity index (χ1n) is 5.15. The summed E-state index contributed by atoms with van der Waals surface area (Å²) in [6.45, 7) is 0. The second-order valence-electron chi connectivity index (χ2n) is 3.72. The summed E-state index contributed by atoms with van der Waals surface area (Å²) in [6, 6.07) is 11.4. The number of para-hydroxylation sites is 1. The molecule has 0 fully saturated rings. The number of rotatable bonds is 1. The topological polar surface area (TPSA) is 52.0 Å². The maximum Gasteiger partial charge on any atom is 0.227 e. The fourth-order valence-electron chi connectivity index (χ4n) is 1.69. The van der Waals surface area contributed by atoms with E-state index >= 15 is 0 Å². The second-order valence-corrected chi connectivity index (χ2v) is 3.72. The van der Waals surface area contributed by atoms with Crippen LogP contribution in [0.1, 0.15) is 0 Å². The predicted molar refractivity (Wildman–Crippen MR) is 63.8 cm³/mol. The molecule has 2 aromatic carbocycles.